The van der Waals surface area contributed by atoms with Crippen LogP contribution >= 0.6 is 27.5 Å². The Hall–Kier alpha value is -2.10. The Morgan fingerprint density at radius 2 is 2.10 bits per heavy atom. The Labute approximate surface area is 188 Å². The lowest BCUT2D eigenvalue weighted by Gasteiger charge is -2.21. The number of carbonyl (C=O) groups is 3. The van der Waals surface area contributed by atoms with Gasteiger partial charge in [0.05, 0.1) is 18.0 Å². The van der Waals surface area contributed by atoms with Gasteiger partial charge < -0.3 is 19.9 Å². The maximum Gasteiger partial charge on any atom is 0.550 e. The molecule has 1 aliphatic carbocycles. The van der Waals surface area contributed by atoms with Crippen LogP contribution in [0.25, 0.3) is 0 Å². The lowest BCUT2D eigenvalue weighted by atomic mass is 9.74. The molecule has 0 bridgehead atoms. The second-order valence-electron chi connectivity index (χ2n) is 7.44. The van der Waals surface area contributed by atoms with Gasteiger partial charge in [0.1, 0.15) is 5.76 Å². The summed E-state index contributed by atoms with van der Waals surface area (Å²) in [6, 6.07) is 4.83. The van der Waals surface area contributed by atoms with Gasteiger partial charge in [-0.1, -0.05) is 31.5 Å². The summed E-state index contributed by atoms with van der Waals surface area (Å²) >= 11 is 9.23. The molecule has 1 aromatic rings. The molecule has 2 amide bonds. The maximum absolute atomic E-state index is 12.5. The van der Waals surface area contributed by atoms with Gasteiger partial charge in [0.25, 0.3) is 5.91 Å². The summed E-state index contributed by atoms with van der Waals surface area (Å²) in [7, 11) is -0.783. The lowest BCUT2D eigenvalue weighted by molar-refractivity contribution is -0.120. The normalized spacial score (nSPS) is 18.6. The van der Waals surface area contributed by atoms with E-state index in [9.17, 15) is 14.4 Å². The zero-order valence-electron chi connectivity index (χ0n) is 16.5. The van der Waals surface area contributed by atoms with Crippen molar-refractivity contribution in [3.63, 3.8) is 0 Å². The third-order valence-electron chi connectivity index (χ3n) is 4.54. The fourth-order valence-corrected chi connectivity index (χ4v) is 3.79. The van der Waals surface area contributed by atoms with Crippen LogP contribution in [0.5, 0.6) is 0 Å². The first-order valence-corrected chi connectivity index (χ1v) is 10.7. The van der Waals surface area contributed by atoms with Crippen molar-refractivity contribution in [2.75, 3.05) is 6.54 Å². The molecule has 1 aromatic carbocycles. The average Bonchev–Trinajstić information content (AvgIpc) is 3.13. The number of amides is 2. The molecule has 1 aliphatic heterocycles. The van der Waals surface area contributed by atoms with Gasteiger partial charge in [-0.2, -0.15) is 0 Å². The third kappa shape index (κ3) is 5.53. The molecule has 0 saturated carbocycles. The van der Waals surface area contributed by atoms with Crippen molar-refractivity contribution in [3.05, 3.63) is 57.2 Å². The molecule has 1 heterocycles. The van der Waals surface area contributed by atoms with Gasteiger partial charge in [0, 0.05) is 9.50 Å². The summed E-state index contributed by atoms with van der Waals surface area (Å²) in [6.07, 6.45) is 4.53. The molecular formula is C20H21BBrClN2O5. The van der Waals surface area contributed by atoms with Gasteiger partial charge in [0.15, 0.2) is 11.9 Å². The molecule has 2 aliphatic rings. The van der Waals surface area contributed by atoms with Gasteiger partial charge in [-0.15, -0.1) is 0 Å². The lowest BCUT2D eigenvalue weighted by Crippen LogP contribution is -2.51. The number of ketones is 1. The molecule has 2 N–H and O–H groups in total. The molecule has 1 unspecified atom stereocenters. The van der Waals surface area contributed by atoms with Crippen LogP contribution in [-0.4, -0.2) is 43.3 Å². The maximum atomic E-state index is 12.5. The fraction of sp³-hybridized carbons (Fsp3) is 0.350. The Morgan fingerprint density at radius 1 is 1.33 bits per heavy atom. The second-order valence-corrected chi connectivity index (χ2v) is 8.73. The summed E-state index contributed by atoms with van der Waals surface area (Å²) in [6.45, 7) is 3.78. The van der Waals surface area contributed by atoms with E-state index in [2.05, 4.69) is 26.6 Å². The van der Waals surface area contributed by atoms with Crippen molar-refractivity contribution in [2.45, 2.75) is 32.3 Å². The number of rotatable bonds is 7. The van der Waals surface area contributed by atoms with Crippen molar-refractivity contribution in [1.82, 2.24) is 10.6 Å². The summed E-state index contributed by atoms with van der Waals surface area (Å²) in [5.41, 5.74) is 0.332. The van der Waals surface area contributed by atoms with Crippen LogP contribution in [-0.2, 0) is 18.9 Å². The molecule has 0 spiro atoms. The molecule has 0 aromatic heterocycles. The first-order chi connectivity index (χ1) is 14.2. The van der Waals surface area contributed by atoms with E-state index in [1.54, 1.807) is 24.3 Å². The van der Waals surface area contributed by atoms with Crippen LogP contribution in [0.1, 0.15) is 30.6 Å². The Morgan fingerprint density at radius 3 is 2.80 bits per heavy atom. The van der Waals surface area contributed by atoms with E-state index in [4.69, 9.17) is 20.9 Å². The predicted octanol–water partition coefficient (Wildman–Crippen LogP) is 2.83. The molecule has 158 valence electrons. The summed E-state index contributed by atoms with van der Waals surface area (Å²) in [4.78, 5) is 36.8. The van der Waals surface area contributed by atoms with Gasteiger partial charge >= 0.3 is 7.12 Å². The molecule has 7 nitrogen and oxygen atoms in total. The number of hydrogen-bond acceptors (Lipinski definition) is 5. The van der Waals surface area contributed by atoms with Crippen LogP contribution in [0, 0.1) is 5.92 Å². The van der Waals surface area contributed by atoms with Crippen molar-refractivity contribution in [3.8, 4) is 0 Å². The van der Waals surface area contributed by atoms with E-state index in [0.29, 0.717) is 27.2 Å². The quantitative estimate of drug-likeness (QED) is 0.568. The van der Waals surface area contributed by atoms with E-state index in [-0.39, 0.29) is 18.2 Å². The van der Waals surface area contributed by atoms with Gasteiger partial charge in [-0.25, -0.2) is 0 Å². The average molecular weight is 496 g/mol. The van der Waals surface area contributed by atoms with E-state index < -0.39 is 31.0 Å². The molecule has 30 heavy (non-hydrogen) atoms. The van der Waals surface area contributed by atoms with Crippen LogP contribution < -0.4 is 10.6 Å². The Kier molecular flexibility index (Phi) is 7.38. The Bertz CT molecular complexity index is 920. The largest absolute Gasteiger partial charge is 0.550 e. The topological polar surface area (TPSA) is 93.7 Å². The monoisotopic (exact) mass is 494 g/mol. The van der Waals surface area contributed by atoms with Crippen molar-refractivity contribution in [2.24, 2.45) is 5.92 Å². The third-order valence-corrected chi connectivity index (χ3v) is 5.47. The van der Waals surface area contributed by atoms with Gasteiger partial charge in [0.2, 0.25) is 5.91 Å². The minimum Gasteiger partial charge on any atom is -0.536 e. The molecular weight excluding hydrogens is 474 g/mol. The minimum absolute atomic E-state index is 0.191. The molecule has 1 fully saturated rings. The highest BCUT2D eigenvalue weighted by Gasteiger charge is 2.46. The number of halogens is 2. The van der Waals surface area contributed by atoms with Gasteiger partial charge in [-0.05, 0) is 58.6 Å². The van der Waals surface area contributed by atoms with Crippen molar-refractivity contribution in [1.29, 1.82) is 0 Å². The number of nitrogens with one attached hydrogen (secondary N) is 2. The first kappa shape index (κ1) is 22.6. The van der Waals surface area contributed by atoms with Crippen LogP contribution in [0.3, 0.4) is 0 Å². The zero-order chi connectivity index (χ0) is 21.8. The number of hydrogen-bond donors (Lipinski definition) is 2. The Balaban J connectivity index is 1.60. The number of fused-ring (bicyclic) bond motifs is 1. The molecule has 1 saturated heterocycles. The highest BCUT2D eigenvalue weighted by Crippen LogP contribution is 2.27. The van der Waals surface area contributed by atoms with Crippen LogP contribution in [0.4, 0.5) is 0 Å². The first-order valence-electron chi connectivity index (χ1n) is 9.51. The SMILES string of the molecule is CC(C)C[C@H](NC(=O)CNC(=O)c1cc(Cl)ccc1Br)B1OC2=CC=CC(=O)C2O1. The number of benzene rings is 1. The zero-order valence-corrected chi connectivity index (χ0v) is 18.8. The van der Waals surface area contributed by atoms with E-state index in [1.165, 1.54) is 12.1 Å². The van der Waals surface area contributed by atoms with Gasteiger partial charge in [-0.3, -0.25) is 14.4 Å². The minimum atomic E-state index is -0.783. The smallest absolute Gasteiger partial charge is 0.536 e. The second kappa shape index (κ2) is 9.81. The van der Waals surface area contributed by atoms with E-state index >= 15 is 0 Å². The summed E-state index contributed by atoms with van der Waals surface area (Å²) < 4.78 is 12.1. The molecule has 0 radical (unpaired) electrons. The molecule has 2 atom stereocenters. The van der Waals surface area contributed by atoms with Crippen molar-refractivity contribution < 1.29 is 23.7 Å². The summed E-state index contributed by atoms with van der Waals surface area (Å²) in [5, 5.41) is 5.84. The fourth-order valence-electron chi connectivity index (χ4n) is 3.19. The van der Waals surface area contributed by atoms with Crippen molar-refractivity contribution >= 4 is 52.2 Å². The van der Waals surface area contributed by atoms with Crippen LogP contribution in [0.15, 0.2) is 46.7 Å². The van der Waals surface area contributed by atoms with E-state index in [1.807, 2.05) is 13.8 Å². The standard InChI is InChI=1S/C20H21BBrClN2O5/c1-11(2)8-17(21-29-16-5-3-4-15(26)19(16)30-21)25-18(27)10-24-20(28)13-9-12(23)6-7-14(13)22/h3-7,9,11,17,19H,8,10H2,1-2H3,(H,24,28)(H,25,27)/t17-,19?/m0/s1. The van der Waals surface area contributed by atoms with E-state index in [0.717, 1.165) is 0 Å². The highest BCUT2D eigenvalue weighted by molar-refractivity contribution is 9.10. The molecule has 10 heteroatoms. The molecule has 3 rings (SSSR count). The number of allylic oxidation sites excluding steroid dienone is 2. The number of carbonyl (C=O) groups excluding carboxylic acids is 3. The highest BCUT2D eigenvalue weighted by atomic mass is 79.9. The summed E-state index contributed by atoms with van der Waals surface area (Å²) in [5.74, 6) is -0.816. The van der Waals surface area contributed by atoms with Crippen LogP contribution in [0.2, 0.25) is 5.02 Å². The predicted molar refractivity (Wildman–Crippen MR) is 117 cm³/mol.